The molecule has 1 fully saturated rings. The van der Waals surface area contributed by atoms with Crippen LogP contribution in [0.25, 0.3) is 0 Å². The van der Waals surface area contributed by atoms with Gasteiger partial charge in [0.2, 0.25) is 5.13 Å². The molecule has 1 aromatic rings. The third-order valence-corrected chi connectivity index (χ3v) is 4.46. The summed E-state index contributed by atoms with van der Waals surface area (Å²) in [5, 5.41) is 1.02. The van der Waals surface area contributed by atoms with Crippen LogP contribution in [0.2, 0.25) is 0 Å². The highest BCUT2D eigenvalue weighted by molar-refractivity contribution is 7.99. The number of alkyl halides is 1. The van der Waals surface area contributed by atoms with Crippen molar-refractivity contribution in [2.24, 2.45) is 0 Å². The van der Waals surface area contributed by atoms with Gasteiger partial charge in [0.1, 0.15) is 5.82 Å². The summed E-state index contributed by atoms with van der Waals surface area (Å²) in [7, 11) is 0. The van der Waals surface area contributed by atoms with Crippen molar-refractivity contribution in [1.82, 2.24) is 9.36 Å². The summed E-state index contributed by atoms with van der Waals surface area (Å²) in [5.74, 6) is 3.79. The Bertz CT molecular complexity index is 305. The van der Waals surface area contributed by atoms with Crippen LogP contribution >= 0.6 is 34.9 Å². The first-order chi connectivity index (χ1) is 6.81. The van der Waals surface area contributed by atoms with Crippen molar-refractivity contribution in [3.63, 3.8) is 0 Å². The zero-order chi connectivity index (χ0) is 9.97. The zero-order valence-corrected chi connectivity index (χ0v) is 10.3. The number of aryl methyl sites for hydroxylation is 1. The van der Waals surface area contributed by atoms with Crippen LogP contribution in [-0.2, 0) is 0 Å². The van der Waals surface area contributed by atoms with Crippen LogP contribution in [0.3, 0.4) is 0 Å². The van der Waals surface area contributed by atoms with E-state index >= 15 is 0 Å². The fraction of sp³-hybridized carbons (Fsp3) is 0.750. The first-order valence-electron chi connectivity index (χ1n) is 4.52. The molecule has 3 nitrogen and oxygen atoms in total. The SMILES string of the molecule is Cc1nsc(N2CCSCC2CCl)n1. The molecule has 1 aliphatic rings. The highest BCUT2D eigenvalue weighted by Gasteiger charge is 2.24. The molecule has 14 heavy (non-hydrogen) atoms. The Hall–Kier alpha value is -0.000000000000000111. The summed E-state index contributed by atoms with van der Waals surface area (Å²) >= 11 is 9.37. The number of halogens is 1. The van der Waals surface area contributed by atoms with Crippen molar-refractivity contribution in [2.75, 3.05) is 28.8 Å². The Balaban J connectivity index is 2.14. The van der Waals surface area contributed by atoms with Crippen LogP contribution in [0.1, 0.15) is 5.82 Å². The molecule has 0 spiro atoms. The second-order valence-electron chi connectivity index (χ2n) is 3.20. The summed E-state index contributed by atoms with van der Waals surface area (Å²) in [6.45, 7) is 2.96. The maximum absolute atomic E-state index is 5.93. The number of rotatable bonds is 2. The molecule has 0 radical (unpaired) electrons. The Morgan fingerprint density at radius 2 is 2.50 bits per heavy atom. The quantitative estimate of drug-likeness (QED) is 0.750. The van der Waals surface area contributed by atoms with Crippen molar-refractivity contribution in [3.8, 4) is 0 Å². The smallest absolute Gasteiger partial charge is 0.205 e. The van der Waals surface area contributed by atoms with Gasteiger partial charge in [-0.3, -0.25) is 0 Å². The van der Waals surface area contributed by atoms with Gasteiger partial charge in [-0.25, -0.2) is 4.98 Å². The lowest BCUT2D eigenvalue weighted by atomic mass is 10.3. The molecule has 0 aliphatic carbocycles. The van der Waals surface area contributed by atoms with Gasteiger partial charge >= 0.3 is 0 Å². The van der Waals surface area contributed by atoms with Gasteiger partial charge in [0.05, 0.1) is 6.04 Å². The minimum absolute atomic E-state index is 0.419. The standard InChI is InChI=1S/C8H12ClN3S2/c1-6-10-8(14-11-6)12-2-3-13-5-7(12)4-9/h7H,2-5H2,1H3. The van der Waals surface area contributed by atoms with Crippen LogP contribution in [0.15, 0.2) is 0 Å². The third kappa shape index (κ3) is 2.15. The van der Waals surface area contributed by atoms with E-state index in [0.29, 0.717) is 11.9 Å². The van der Waals surface area contributed by atoms with E-state index in [1.165, 1.54) is 11.5 Å². The second kappa shape index (κ2) is 4.68. The fourth-order valence-corrected chi connectivity index (χ4v) is 3.68. The minimum Gasteiger partial charge on any atom is -0.341 e. The van der Waals surface area contributed by atoms with Crippen molar-refractivity contribution >= 4 is 40.0 Å². The van der Waals surface area contributed by atoms with E-state index in [-0.39, 0.29) is 0 Å². The first kappa shape index (κ1) is 10.5. The molecule has 2 heterocycles. The highest BCUT2D eigenvalue weighted by Crippen LogP contribution is 2.25. The van der Waals surface area contributed by atoms with Gasteiger partial charge in [-0.05, 0) is 6.92 Å². The molecule has 0 bridgehead atoms. The van der Waals surface area contributed by atoms with Gasteiger partial charge in [0, 0.05) is 35.5 Å². The Kier molecular flexibility index (Phi) is 3.52. The maximum atomic E-state index is 5.93. The van der Waals surface area contributed by atoms with Gasteiger partial charge < -0.3 is 4.90 Å². The van der Waals surface area contributed by atoms with Gasteiger partial charge in [-0.1, -0.05) is 0 Å². The maximum Gasteiger partial charge on any atom is 0.205 e. The van der Waals surface area contributed by atoms with Gasteiger partial charge in [-0.15, -0.1) is 11.6 Å². The average molecular weight is 250 g/mol. The summed E-state index contributed by atoms with van der Waals surface area (Å²) < 4.78 is 4.20. The van der Waals surface area contributed by atoms with Crippen molar-refractivity contribution in [3.05, 3.63) is 5.82 Å². The lowest BCUT2D eigenvalue weighted by Gasteiger charge is -2.33. The average Bonchev–Trinajstić information content (AvgIpc) is 2.65. The molecule has 2 rings (SSSR count). The van der Waals surface area contributed by atoms with Crippen LogP contribution in [0.4, 0.5) is 5.13 Å². The molecule has 0 amide bonds. The van der Waals surface area contributed by atoms with Crippen LogP contribution < -0.4 is 4.90 Å². The second-order valence-corrected chi connectivity index (χ2v) is 5.39. The molecule has 1 unspecified atom stereocenters. The monoisotopic (exact) mass is 249 g/mol. The molecule has 0 aromatic carbocycles. The number of aromatic nitrogens is 2. The predicted molar refractivity (Wildman–Crippen MR) is 63.8 cm³/mol. The Morgan fingerprint density at radius 3 is 3.14 bits per heavy atom. The van der Waals surface area contributed by atoms with Crippen molar-refractivity contribution < 1.29 is 0 Å². The lowest BCUT2D eigenvalue weighted by Crippen LogP contribution is -2.43. The summed E-state index contributed by atoms with van der Waals surface area (Å²) in [6, 6.07) is 0.419. The minimum atomic E-state index is 0.419. The molecule has 6 heteroatoms. The highest BCUT2D eigenvalue weighted by atomic mass is 35.5. The topological polar surface area (TPSA) is 29.0 Å². The van der Waals surface area contributed by atoms with E-state index in [1.54, 1.807) is 0 Å². The van der Waals surface area contributed by atoms with Gasteiger partial charge in [0.25, 0.3) is 0 Å². The molecule has 1 saturated heterocycles. The Labute approximate surface area is 97.0 Å². The summed E-state index contributed by atoms with van der Waals surface area (Å²) in [5.41, 5.74) is 0. The van der Waals surface area contributed by atoms with E-state index in [2.05, 4.69) is 14.3 Å². The predicted octanol–water partition coefficient (Wildman–Crippen LogP) is 2.01. The molecule has 1 aliphatic heterocycles. The van der Waals surface area contributed by atoms with E-state index in [0.717, 1.165) is 29.0 Å². The molecule has 1 atom stereocenters. The molecule has 78 valence electrons. The van der Waals surface area contributed by atoms with Crippen LogP contribution in [-0.4, -0.2) is 39.3 Å². The number of anilines is 1. The van der Waals surface area contributed by atoms with Crippen LogP contribution in [0.5, 0.6) is 0 Å². The normalized spacial score (nSPS) is 22.7. The van der Waals surface area contributed by atoms with Crippen molar-refractivity contribution in [1.29, 1.82) is 0 Å². The molecular weight excluding hydrogens is 238 g/mol. The first-order valence-corrected chi connectivity index (χ1v) is 6.98. The van der Waals surface area contributed by atoms with Gasteiger partial charge in [0.15, 0.2) is 0 Å². The number of nitrogens with zero attached hydrogens (tertiary/aromatic N) is 3. The summed E-state index contributed by atoms with van der Waals surface area (Å²) in [4.78, 5) is 6.68. The van der Waals surface area contributed by atoms with E-state index in [4.69, 9.17) is 11.6 Å². The van der Waals surface area contributed by atoms with Gasteiger partial charge in [-0.2, -0.15) is 16.1 Å². The third-order valence-electron chi connectivity index (χ3n) is 2.17. The van der Waals surface area contributed by atoms with E-state index in [1.807, 2.05) is 18.7 Å². The molecule has 1 aromatic heterocycles. The lowest BCUT2D eigenvalue weighted by molar-refractivity contribution is 0.701. The molecular formula is C8H12ClN3S2. The Morgan fingerprint density at radius 1 is 1.64 bits per heavy atom. The summed E-state index contributed by atoms with van der Waals surface area (Å²) in [6.07, 6.45) is 0. The van der Waals surface area contributed by atoms with E-state index in [9.17, 15) is 0 Å². The fourth-order valence-electron chi connectivity index (χ4n) is 1.44. The van der Waals surface area contributed by atoms with Crippen molar-refractivity contribution in [2.45, 2.75) is 13.0 Å². The largest absolute Gasteiger partial charge is 0.341 e. The molecule has 0 saturated carbocycles. The van der Waals surface area contributed by atoms with Crippen LogP contribution in [0, 0.1) is 6.92 Å². The molecule has 0 N–H and O–H groups in total. The number of hydrogen-bond acceptors (Lipinski definition) is 5. The number of hydrogen-bond donors (Lipinski definition) is 0. The zero-order valence-electron chi connectivity index (χ0n) is 7.94. The number of thioether (sulfide) groups is 1. The van der Waals surface area contributed by atoms with E-state index < -0.39 is 0 Å².